The molecule has 0 atom stereocenters. The molecule has 0 radical (unpaired) electrons. The lowest BCUT2D eigenvalue weighted by atomic mass is 9.74. The van der Waals surface area contributed by atoms with Crippen LogP contribution in [0.2, 0.25) is 5.02 Å². The number of hydrogen-bond acceptors (Lipinski definition) is 2. The molecule has 3 nitrogen and oxygen atoms in total. The van der Waals surface area contributed by atoms with Gasteiger partial charge < -0.3 is 10.0 Å². The normalized spacial score (nSPS) is 11.5. The molecule has 0 unspecified atom stereocenters. The van der Waals surface area contributed by atoms with Crippen LogP contribution in [0.5, 0.6) is 0 Å². The molecule has 0 saturated carbocycles. The molecule has 0 fully saturated rings. The zero-order valence-electron chi connectivity index (χ0n) is 13.2. The monoisotopic (exact) mass is 311 g/mol. The molecule has 0 aromatic heterocycles. The van der Waals surface area contributed by atoms with Crippen LogP contribution in [-0.4, -0.2) is 24.7 Å². The molecule has 21 heavy (non-hydrogen) atoms. The Kier molecular flexibility index (Phi) is 7.20. The summed E-state index contributed by atoms with van der Waals surface area (Å²) in [5, 5.41) is 9.84. The Morgan fingerprint density at radius 1 is 1.29 bits per heavy atom. The van der Waals surface area contributed by atoms with Crippen LogP contribution in [0.1, 0.15) is 52.0 Å². The summed E-state index contributed by atoms with van der Waals surface area (Å²) in [5.41, 5.74) is 1.94. The zero-order valence-corrected chi connectivity index (χ0v) is 14.0. The van der Waals surface area contributed by atoms with Gasteiger partial charge in [0.1, 0.15) is 0 Å². The second-order valence-corrected chi connectivity index (χ2v) is 6.18. The lowest BCUT2D eigenvalue weighted by Gasteiger charge is -2.34. The third kappa shape index (κ3) is 4.45. The van der Waals surface area contributed by atoms with Gasteiger partial charge in [0.15, 0.2) is 0 Å². The van der Waals surface area contributed by atoms with E-state index in [1.807, 2.05) is 12.1 Å². The van der Waals surface area contributed by atoms with Gasteiger partial charge in [0.05, 0.1) is 6.61 Å². The van der Waals surface area contributed by atoms with E-state index >= 15 is 0 Å². The highest BCUT2D eigenvalue weighted by Gasteiger charge is 2.29. The maximum Gasteiger partial charge on any atom is 0.214 e. The third-order valence-electron chi connectivity index (χ3n) is 3.99. The van der Waals surface area contributed by atoms with Crippen molar-refractivity contribution in [3.8, 4) is 0 Å². The minimum absolute atomic E-state index is 0.0134. The Labute approximate surface area is 132 Å². The third-order valence-corrected chi connectivity index (χ3v) is 4.23. The van der Waals surface area contributed by atoms with Gasteiger partial charge in [-0.3, -0.25) is 4.79 Å². The minimum atomic E-state index is -0.0565. The maximum absolute atomic E-state index is 11.4. The van der Waals surface area contributed by atoms with E-state index in [2.05, 4.69) is 20.8 Å². The molecule has 1 amide bonds. The molecule has 0 aliphatic heterocycles. The van der Waals surface area contributed by atoms with Crippen molar-refractivity contribution in [1.29, 1.82) is 0 Å². The van der Waals surface area contributed by atoms with E-state index < -0.39 is 0 Å². The van der Waals surface area contributed by atoms with Gasteiger partial charge in [-0.05, 0) is 42.0 Å². The van der Waals surface area contributed by atoms with Crippen LogP contribution >= 0.6 is 11.6 Å². The summed E-state index contributed by atoms with van der Waals surface area (Å²) < 4.78 is 0. The van der Waals surface area contributed by atoms with E-state index in [4.69, 9.17) is 16.7 Å². The first-order valence-corrected chi connectivity index (χ1v) is 8.03. The molecule has 1 aromatic rings. The van der Waals surface area contributed by atoms with Gasteiger partial charge in [-0.25, -0.2) is 0 Å². The lowest BCUT2D eigenvalue weighted by Crippen LogP contribution is -2.30. The van der Waals surface area contributed by atoms with Crippen LogP contribution in [0.15, 0.2) is 18.2 Å². The standard InChI is InChI=1S/C17H26ClNO2/c1-4-8-17(3,9-5-2)15-12-14(18)6-7-16(15)19(13-21)10-11-20/h6-7,12-13,20H,4-5,8-11H2,1-3H3. The maximum atomic E-state index is 11.4. The summed E-state index contributed by atoms with van der Waals surface area (Å²) in [6, 6.07) is 5.65. The number of halogens is 1. The Balaban J connectivity index is 3.36. The molecule has 0 bridgehead atoms. The number of rotatable bonds is 9. The molecule has 0 aliphatic carbocycles. The fraction of sp³-hybridized carbons (Fsp3) is 0.588. The van der Waals surface area contributed by atoms with E-state index in [1.54, 1.807) is 11.0 Å². The molecule has 1 aromatic carbocycles. The Hall–Kier alpha value is -1.06. The first kappa shape index (κ1) is 18.0. The van der Waals surface area contributed by atoms with E-state index in [1.165, 1.54) is 0 Å². The topological polar surface area (TPSA) is 40.5 Å². The number of aliphatic hydroxyl groups excluding tert-OH is 1. The highest BCUT2D eigenvalue weighted by molar-refractivity contribution is 6.30. The predicted octanol–water partition coefficient (Wildman–Crippen LogP) is 4.15. The first-order valence-electron chi connectivity index (χ1n) is 7.65. The largest absolute Gasteiger partial charge is 0.395 e. The number of anilines is 1. The van der Waals surface area contributed by atoms with Crippen molar-refractivity contribution in [3.05, 3.63) is 28.8 Å². The minimum Gasteiger partial charge on any atom is -0.395 e. The SMILES string of the molecule is CCCC(C)(CCC)c1cc(Cl)ccc1N(C=O)CCO. The van der Waals surface area contributed by atoms with E-state index in [0.717, 1.165) is 43.3 Å². The lowest BCUT2D eigenvalue weighted by molar-refractivity contribution is -0.107. The van der Waals surface area contributed by atoms with E-state index in [9.17, 15) is 4.79 Å². The van der Waals surface area contributed by atoms with Crippen molar-refractivity contribution in [2.45, 2.75) is 51.9 Å². The Morgan fingerprint density at radius 2 is 1.90 bits per heavy atom. The van der Waals surface area contributed by atoms with Crippen molar-refractivity contribution >= 4 is 23.7 Å². The van der Waals surface area contributed by atoms with Crippen molar-refractivity contribution < 1.29 is 9.90 Å². The summed E-state index contributed by atoms with van der Waals surface area (Å²) in [5.74, 6) is 0. The van der Waals surface area contributed by atoms with Gasteiger partial charge in [0.2, 0.25) is 6.41 Å². The summed E-state index contributed by atoms with van der Waals surface area (Å²) in [6.45, 7) is 6.81. The van der Waals surface area contributed by atoms with Gasteiger partial charge in [0.25, 0.3) is 0 Å². The van der Waals surface area contributed by atoms with Crippen LogP contribution < -0.4 is 4.90 Å². The summed E-state index contributed by atoms with van der Waals surface area (Å²) in [6.07, 6.45) is 5.01. The van der Waals surface area contributed by atoms with E-state index in [0.29, 0.717) is 11.6 Å². The van der Waals surface area contributed by atoms with Gasteiger partial charge >= 0.3 is 0 Å². The van der Waals surface area contributed by atoms with Crippen LogP contribution in [0.4, 0.5) is 5.69 Å². The number of benzene rings is 1. The van der Waals surface area contributed by atoms with Crippen LogP contribution in [0.25, 0.3) is 0 Å². The zero-order chi connectivity index (χ0) is 15.9. The molecule has 0 heterocycles. The highest BCUT2D eigenvalue weighted by Crippen LogP contribution is 2.40. The van der Waals surface area contributed by atoms with Crippen molar-refractivity contribution in [1.82, 2.24) is 0 Å². The molecule has 1 N–H and O–H groups in total. The van der Waals surface area contributed by atoms with Crippen LogP contribution in [0.3, 0.4) is 0 Å². The number of aliphatic hydroxyl groups is 1. The van der Waals surface area contributed by atoms with Gasteiger partial charge in [-0.2, -0.15) is 0 Å². The second-order valence-electron chi connectivity index (χ2n) is 5.74. The number of nitrogens with zero attached hydrogens (tertiary/aromatic N) is 1. The number of carbonyl (C=O) groups is 1. The van der Waals surface area contributed by atoms with Crippen molar-refractivity contribution in [2.24, 2.45) is 0 Å². The average molecular weight is 312 g/mol. The fourth-order valence-corrected chi connectivity index (χ4v) is 3.25. The average Bonchev–Trinajstić information content (AvgIpc) is 2.45. The number of amides is 1. The molecule has 1 rings (SSSR count). The van der Waals surface area contributed by atoms with E-state index in [-0.39, 0.29) is 12.0 Å². The van der Waals surface area contributed by atoms with Gasteiger partial charge in [-0.15, -0.1) is 0 Å². The predicted molar refractivity (Wildman–Crippen MR) is 89.1 cm³/mol. The second kappa shape index (κ2) is 8.40. The molecule has 0 spiro atoms. The molecule has 118 valence electrons. The van der Waals surface area contributed by atoms with Crippen molar-refractivity contribution in [2.75, 3.05) is 18.1 Å². The highest BCUT2D eigenvalue weighted by atomic mass is 35.5. The van der Waals surface area contributed by atoms with Gasteiger partial charge in [0, 0.05) is 17.3 Å². The smallest absolute Gasteiger partial charge is 0.214 e. The quantitative estimate of drug-likeness (QED) is 0.696. The summed E-state index contributed by atoms with van der Waals surface area (Å²) >= 11 is 6.19. The van der Waals surface area contributed by atoms with Crippen LogP contribution in [-0.2, 0) is 10.2 Å². The molecule has 0 aliphatic rings. The Bertz CT molecular complexity index is 456. The number of carbonyl (C=O) groups excluding carboxylic acids is 1. The number of hydrogen-bond donors (Lipinski definition) is 1. The first-order chi connectivity index (χ1) is 10.0. The van der Waals surface area contributed by atoms with Crippen LogP contribution in [0, 0.1) is 0 Å². The summed E-state index contributed by atoms with van der Waals surface area (Å²) in [4.78, 5) is 12.9. The summed E-state index contributed by atoms with van der Waals surface area (Å²) in [7, 11) is 0. The Morgan fingerprint density at radius 3 is 2.38 bits per heavy atom. The molecule has 4 heteroatoms. The fourth-order valence-electron chi connectivity index (χ4n) is 3.08. The van der Waals surface area contributed by atoms with Crippen molar-refractivity contribution in [3.63, 3.8) is 0 Å². The molecular formula is C17H26ClNO2. The molecule has 0 saturated heterocycles. The molecular weight excluding hydrogens is 286 g/mol. The van der Waals surface area contributed by atoms with Gasteiger partial charge in [-0.1, -0.05) is 45.2 Å².